The summed E-state index contributed by atoms with van der Waals surface area (Å²) in [4.78, 5) is 49.8. The number of para-hydroxylation sites is 1. The van der Waals surface area contributed by atoms with Crippen LogP contribution in [-0.2, 0) is 19.1 Å². The smallest absolute Gasteiger partial charge is 0.253 e. The molecule has 0 aromatic heterocycles. The molecule has 2 aromatic carbocycles. The van der Waals surface area contributed by atoms with Crippen molar-refractivity contribution in [3.63, 3.8) is 0 Å². The van der Waals surface area contributed by atoms with Gasteiger partial charge in [-0.05, 0) is 88.3 Å². The molecule has 3 aliphatic heterocycles. The molecule has 9 nitrogen and oxygen atoms in total. The van der Waals surface area contributed by atoms with E-state index in [4.69, 9.17) is 9.47 Å². The highest BCUT2D eigenvalue weighted by molar-refractivity contribution is 6.07. The quantitative estimate of drug-likeness (QED) is 0.265. The van der Waals surface area contributed by atoms with Gasteiger partial charge in [-0.1, -0.05) is 44.2 Å². The number of aliphatic hydroxyl groups excluding tert-OH is 1. The second-order valence-electron chi connectivity index (χ2n) is 14.1. The lowest BCUT2D eigenvalue weighted by Gasteiger charge is -2.40. The summed E-state index contributed by atoms with van der Waals surface area (Å²) >= 11 is 0. The molecule has 9 heteroatoms. The monoisotopic (exact) mass is 657 g/mol. The maximum absolute atomic E-state index is 15.2. The Morgan fingerprint density at radius 3 is 2.23 bits per heavy atom. The Hall–Kier alpha value is -3.95. The van der Waals surface area contributed by atoms with Gasteiger partial charge in [0.1, 0.15) is 17.4 Å². The summed E-state index contributed by atoms with van der Waals surface area (Å²) in [6.07, 6.45) is 4.79. The van der Waals surface area contributed by atoms with E-state index >= 15 is 4.79 Å². The Morgan fingerprint density at radius 2 is 1.67 bits per heavy atom. The van der Waals surface area contributed by atoms with Crippen LogP contribution < -0.4 is 14.5 Å². The van der Waals surface area contributed by atoms with Crippen molar-refractivity contribution >= 4 is 29.1 Å². The molecule has 2 unspecified atom stereocenters. The number of ether oxygens (including phenoxy) is 2. The summed E-state index contributed by atoms with van der Waals surface area (Å²) < 4.78 is 12.6. The van der Waals surface area contributed by atoms with Crippen LogP contribution in [0.25, 0.3) is 0 Å². The van der Waals surface area contributed by atoms with Crippen molar-refractivity contribution in [2.75, 3.05) is 36.1 Å². The van der Waals surface area contributed by atoms with Gasteiger partial charge in [0.25, 0.3) is 5.91 Å². The van der Waals surface area contributed by atoms with Crippen LogP contribution in [-0.4, -0.2) is 77.3 Å². The molecule has 3 saturated heterocycles. The van der Waals surface area contributed by atoms with Crippen LogP contribution in [0.1, 0.15) is 58.1 Å². The number of carbonyl (C=O) groups is 3. The zero-order chi connectivity index (χ0) is 35.0. The summed E-state index contributed by atoms with van der Waals surface area (Å²) in [6, 6.07) is 11.5. The third-order valence-electron chi connectivity index (χ3n) is 10.4. The average Bonchev–Trinajstić information content (AvgIpc) is 3.62. The first kappa shape index (κ1) is 35.4. The highest BCUT2D eigenvalue weighted by Gasteiger charge is 2.79. The Morgan fingerprint density at radius 1 is 1.04 bits per heavy atom. The number of hydrogen-bond donors (Lipinski definition) is 1. The predicted octanol–water partition coefficient (Wildman–Crippen LogP) is 5.61. The molecular formula is C39H51N3O6. The molecule has 3 heterocycles. The van der Waals surface area contributed by atoms with E-state index in [-0.39, 0.29) is 43.3 Å². The van der Waals surface area contributed by atoms with Gasteiger partial charge in [0, 0.05) is 24.5 Å². The van der Waals surface area contributed by atoms with Crippen molar-refractivity contribution in [2.45, 2.75) is 84.1 Å². The Labute approximate surface area is 285 Å². The number of fused-ring (bicyclic) bond motifs is 1. The predicted molar refractivity (Wildman–Crippen MR) is 188 cm³/mol. The number of amides is 3. The zero-order valence-electron chi connectivity index (χ0n) is 29.3. The maximum Gasteiger partial charge on any atom is 0.253 e. The van der Waals surface area contributed by atoms with Crippen LogP contribution in [0.2, 0.25) is 0 Å². The van der Waals surface area contributed by atoms with Crippen LogP contribution >= 0.6 is 0 Å². The first-order valence-electron chi connectivity index (χ1n) is 17.2. The minimum atomic E-state index is -1.25. The first-order valence-corrected chi connectivity index (χ1v) is 17.2. The minimum Gasteiger partial charge on any atom is -0.494 e. The Kier molecular flexibility index (Phi) is 10.2. The molecule has 5 rings (SSSR count). The van der Waals surface area contributed by atoms with Crippen LogP contribution in [0.3, 0.4) is 0 Å². The van der Waals surface area contributed by atoms with E-state index in [2.05, 4.69) is 13.2 Å². The molecule has 0 radical (unpaired) electrons. The standard InChI is InChI=1S/C39H51N3O6/c1-9-21-40(28-15-17-30(18-16-28)47-11-3)35(44)31-32-36(45)42(29(24-43)23-25(4)5)34(39(32)20-19-38(31,8)48-39)37(46)41(22-10-2)33-26(6)13-12-14-27(33)7/h9-10,12-18,25,29,31-32,34,43H,1-2,11,19-24H2,3-8H3/t29-,31+,32+,34?,38-,39?/m1/s1. The van der Waals surface area contributed by atoms with Crippen LogP contribution in [0.15, 0.2) is 67.8 Å². The number of likely N-dealkylation sites (tertiary alicyclic amines) is 1. The van der Waals surface area contributed by atoms with Gasteiger partial charge in [-0.15, -0.1) is 13.2 Å². The number of benzene rings is 2. The van der Waals surface area contributed by atoms with E-state index in [1.165, 1.54) is 0 Å². The number of aliphatic hydroxyl groups is 1. The molecular weight excluding hydrogens is 606 g/mol. The largest absolute Gasteiger partial charge is 0.494 e. The molecule has 48 heavy (non-hydrogen) atoms. The highest BCUT2D eigenvalue weighted by Crippen LogP contribution is 2.64. The molecule has 1 N–H and O–H groups in total. The van der Waals surface area contributed by atoms with Gasteiger partial charge in [-0.25, -0.2) is 0 Å². The van der Waals surface area contributed by atoms with E-state index in [9.17, 15) is 14.7 Å². The van der Waals surface area contributed by atoms with Gasteiger partial charge < -0.3 is 29.3 Å². The van der Waals surface area contributed by atoms with Gasteiger partial charge >= 0.3 is 0 Å². The lowest BCUT2D eigenvalue weighted by atomic mass is 9.66. The third-order valence-corrected chi connectivity index (χ3v) is 10.4. The number of aryl methyl sites for hydroxylation is 2. The van der Waals surface area contributed by atoms with Crippen molar-refractivity contribution in [3.05, 3.63) is 78.9 Å². The minimum absolute atomic E-state index is 0.140. The summed E-state index contributed by atoms with van der Waals surface area (Å²) in [5.74, 6) is -1.79. The normalized spacial score (nSPS) is 26.4. The molecule has 3 aliphatic rings. The summed E-state index contributed by atoms with van der Waals surface area (Å²) in [5, 5.41) is 10.8. The van der Waals surface area contributed by atoms with E-state index < -0.39 is 35.1 Å². The average molecular weight is 658 g/mol. The van der Waals surface area contributed by atoms with Gasteiger partial charge in [-0.3, -0.25) is 14.4 Å². The number of anilines is 2. The second-order valence-corrected chi connectivity index (χ2v) is 14.1. The lowest BCUT2D eigenvalue weighted by molar-refractivity contribution is -0.148. The van der Waals surface area contributed by atoms with E-state index in [1.54, 1.807) is 26.9 Å². The van der Waals surface area contributed by atoms with E-state index in [0.29, 0.717) is 37.3 Å². The fraction of sp³-hybridized carbons (Fsp3) is 0.513. The van der Waals surface area contributed by atoms with Crippen molar-refractivity contribution in [3.8, 4) is 5.75 Å². The third kappa shape index (κ3) is 5.85. The number of rotatable bonds is 14. The first-order chi connectivity index (χ1) is 22.9. The fourth-order valence-electron chi connectivity index (χ4n) is 8.54. The topological polar surface area (TPSA) is 99.6 Å². The van der Waals surface area contributed by atoms with Crippen molar-refractivity contribution < 1.29 is 29.0 Å². The molecule has 3 amide bonds. The summed E-state index contributed by atoms with van der Waals surface area (Å²) in [5.41, 5.74) is 1.03. The van der Waals surface area contributed by atoms with Gasteiger partial charge in [0.05, 0.1) is 36.7 Å². The number of carbonyl (C=O) groups excluding carboxylic acids is 3. The molecule has 6 atom stereocenters. The second kappa shape index (κ2) is 13.9. The molecule has 0 aliphatic carbocycles. The van der Waals surface area contributed by atoms with E-state index in [1.807, 2.05) is 84.0 Å². The highest BCUT2D eigenvalue weighted by atomic mass is 16.5. The van der Waals surface area contributed by atoms with Crippen LogP contribution in [0.4, 0.5) is 11.4 Å². The molecule has 1 spiro atoms. The zero-order valence-corrected chi connectivity index (χ0v) is 29.3. The molecule has 3 fully saturated rings. The van der Waals surface area contributed by atoms with Gasteiger partial charge in [-0.2, -0.15) is 0 Å². The summed E-state index contributed by atoms with van der Waals surface area (Å²) in [6.45, 7) is 20.3. The molecule has 258 valence electrons. The number of nitrogens with zero attached hydrogens (tertiary/aromatic N) is 3. The van der Waals surface area contributed by atoms with Crippen LogP contribution in [0, 0.1) is 31.6 Å². The maximum atomic E-state index is 15.2. The van der Waals surface area contributed by atoms with Gasteiger partial charge in [0.2, 0.25) is 11.8 Å². The molecule has 0 saturated carbocycles. The van der Waals surface area contributed by atoms with Crippen molar-refractivity contribution in [1.82, 2.24) is 4.90 Å². The number of hydrogen-bond acceptors (Lipinski definition) is 6. The fourth-order valence-corrected chi connectivity index (χ4v) is 8.54. The van der Waals surface area contributed by atoms with E-state index in [0.717, 1.165) is 16.8 Å². The van der Waals surface area contributed by atoms with Crippen LogP contribution in [0.5, 0.6) is 5.75 Å². The Bertz CT molecular complexity index is 1530. The Balaban J connectivity index is 1.64. The van der Waals surface area contributed by atoms with Gasteiger partial charge in [0.15, 0.2) is 0 Å². The molecule has 2 bridgehead atoms. The molecule has 2 aromatic rings. The summed E-state index contributed by atoms with van der Waals surface area (Å²) in [7, 11) is 0. The van der Waals surface area contributed by atoms with Crippen molar-refractivity contribution in [1.29, 1.82) is 0 Å². The lowest BCUT2D eigenvalue weighted by Crippen LogP contribution is -2.59. The SMILES string of the molecule is C=CCN(C(=O)[C@@H]1[C@H]2C(=O)N([C@@H](CO)CC(C)C)C(C(=O)N(CC=C)c3c(C)cccc3C)C23CC[C@@]1(C)O3)c1ccc(OCC)cc1. The van der Waals surface area contributed by atoms with Crippen molar-refractivity contribution in [2.24, 2.45) is 17.8 Å².